The van der Waals surface area contributed by atoms with Crippen LogP contribution in [0.25, 0.3) is 0 Å². The van der Waals surface area contributed by atoms with E-state index in [1.165, 1.54) is 23.3 Å². The molecule has 1 fully saturated rings. The van der Waals surface area contributed by atoms with Gasteiger partial charge in [-0.3, -0.25) is 0 Å². The lowest BCUT2D eigenvalue weighted by Crippen LogP contribution is -2.19. The number of hydrogen-bond donors (Lipinski definition) is 1. The Morgan fingerprint density at radius 2 is 1.94 bits per heavy atom. The van der Waals surface area contributed by atoms with Crippen molar-refractivity contribution in [3.8, 4) is 0 Å². The van der Waals surface area contributed by atoms with Gasteiger partial charge in [-0.15, -0.1) is 11.8 Å². The smallest absolute Gasteiger partial charge is 0.00747 e. The Balaban J connectivity index is 1.76. The van der Waals surface area contributed by atoms with Crippen LogP contribution in [0.5, 0.6) is 0 Å². The lowest BCUT2D eigenvalue weighted by molar-refractivity contribution is 0.682. The van der Waals surface area contributed by atoms with E-state index < -0.39 is 0 Å². The maximum absolute atomic E-state index is 3.55. The molecule has 0 heterocycles. The molecule has 0 bridgehead atoms. The summed E-state index contributed by atoms with van der Waals surface area (Å²) in [5.41, 5.74) is 1.45. The minimum atomic E-state index is 0.669. The van der Waals surface area contributed by atoms with Gasteiger partial charge in [-0.1, -0.05) is 26.0 Å². The van der Waals surface area contributed by atoms with Gasteiger partial charge in [0.1, 0.15) is 0 Å². The molecule has 2 heteroatoms. The minimum absolute atomic E-state index is 0.669. The first-order valence-electron chi connectivity index (χ1n) is 6.23. The third kappa shape index (κ3) is 4.18. The Morgan fingerprint density at radius 1 is 1.25 bits per heavy atom. The van der Waals surface area contributed by atoms with E-state index in [2.05, 4.69) is 43.4 Å². The minimum Gasteiger partial charge on any atom is -0.314 e. The Bertz CT molecular complexity index is 314. The zero-order valence-corrected chi connectivity index (χ0v) is 11.0. The maximum atomic E-state index is 3.55. The van der Waals surface area contributed by atoms with Crippen LogP contribution in [0.1, 0.15) is 32.3 Å². The quantitative estimate of drug-likeness (QED) is 0.758. The van der Waals surface area contributed by atoms with Crippen LogP contribution in [0.15, 0.2) is 29.2 Å². The van der Waals surface area contributed by atoms with Gasteiger partial charge in [0.25, 0.3) is 0 Å². The summed E-state index contributed by atoms with van der Waals surface area (Å²) in [7, 11) is 0. The Labute approximate surface area is 103 Å². The zero-order chi connectivity index (χ0) is 11.4. The highest BCUT2D eigenvalue weighted by Crippen LogP contribution is 2.23. The second kappa shape index (κ2) is 5.74. The monoisotopic (exact) mass is 235 g/mol. The third-order valence-corrected chi connectivity index (χ3v) is 3.73. The van der Waals surface area contributed by atoms with Crippen LogP contribution >= 0.6 is 11.8 Å². The summed E-state index contributed by atoms with van der Waals surface area (Å²) in [5.74, 6) is 0. The van der Waals surface area contributed by atoms with Crippen LogP contribution in [0.3, 0.4) is 0 Å². The molecule has 1 aliphatic carbocycles. The van der Waals surface area contributed by atoms with Gasteiger partial charge < -0.3 is 5.32 Å². The summed E-state index contributed by atoms with van der Waals surface area (Å²) in [6.07, 6.45) is 3.91. The van der Waals surface area contributed by atoms with Crippen LogP contribution in [-0.4, -0.2) is 17.8 Å². The first kappa shape index (κ1) is 12.0. The number of benzene rings is 1. The molecule has 2 rings (SSSR count). The average Bonchev–Trinajstić information content (AvgIpc) is 3.04. The summed E-state index contributed by atoms with van der Waals surface area (Å²) >= 11 is 1.93. The molecule has 0 saturated heterocycles. The van der Waals surface area contributed by atoms with Gasteiger partial charge in [0.15, 0.2) is 0 Å². The number of thioether (sulfide) groups is 1. The van der Waals surface area contributed by atoms with E-state index in [4.69, 9.17) is 0 Å². The predicted octanol–water partition coefficient (Wildman–Crippen LogP) is 3.48. The van der Waals surface area contributed by atoms with Crippen LogP contribution in [0.2, 0.25) is 0 Å². The van der Waals surface area contributed by atoms with Crippen molar-refractivity contribution in [2.24, 2.45) is 0 Å². The second-order valence-electron chi connectivity index (χ2n) is 4.79. The van der Waals surface area contributed by atoms with E-state index in [0.29, 0.717) is 5.25 Å². The molecule has 1 saturated carbocycles. The SMILES string of the molecule is CC(C)Sc1ccc(CCNC2CC2)cc1. The van der Waals surface area contributed by atoms with E-state index in [0.717, 1.165) is 19.0 Å². The van der Waals surface area contributed by atoms with Crippen molar-refractivity contribution in [1.82, 2.24) is 5.32 Å². The Kier molecular flexibility index (Phi) is 4.30. The fraction of sp³-hybridized carbons (Fsp3) is 0.571. The molecule has 0 aromatic heterocycles. The van der Waals surface area contributed by atoms with Crippen LogP contribution < -0.4 is 5.32 Å². The molecule has 0 atom stereocenters. The maximum Gasteiger partial charge on any atom is 0.00747 e. The lowest BCUT2D eigenvalue weighted by Gasteiger charge is -2.06. The van der Waals surface area contributed by atoms with Crippen molar-refractivity contribution in [2.75, 3.05) is 6.54 Å². The molecule has 0 unspecified atom stereocenters. The second-order valence-corrected chi connectivity index (χ2v) is 6.44. The van der Waals surface area contributed by atoms with Crippen molar-refractivity contribution in [1.29, 1.82) is 0 Å². The molecule has 1 nitrogen and oxygen atoms in total. The highest BCUT2D eigenvalue weighted by atomic mass is 32.2. The average molecular weight is 235 g/mol. The Morgan fingerprint density at radius 3 is 2.50 bits per heavy atom. The fourth-order valence-corrected chi connectivity index (χ4v) is 2.55. The van der Waals surface area contributed by atoms with E-state index in [-0.39, 0.29) is 0 Å². The third-order valence-electron chi connectivity index (χ3n) is 2.72. The van der Waals surface area contributed by atoms with Crippen LogP contribution in [0, 0.1) is 0 Å². The normalized spacial score (nSPS) is 15.7. The van der Waals surface area contributed by atoms with Gasteiger partial charge in [-0.05, 0) is 43.5 Å². The van der Waals surface area contributed by atoms with Crippen LogP contribution in [0.4, 0.5) is 0 Å². The summed E-state index contributed by atoms with van der Waals surface area (Å²) in [6.45, 7) is 5.59. The molecule has 0 amide bonds. The fourth-order valence-electron chi connectivity index (χ4n) is 1.71. The molecule has 0 spiro atoms. The molecular formula is C14H21NS. The highest BCUT2D eigenvalue weighted by molar-refractivity contribution is 7.99. The van der Waals surface area contributed by atoms with E-state index in [9.17, 15) is 0 Å². The van der Waals surface area contributed by atoms with Gasteiger partial charge >= 0.3 is 0 Å². The topological polar surface area (TPSA) is 12.0 Å². The van der Waals surface area contributed by atoms with Gasteiger partial charge in [-0.2, -0.15) is 0 Å². The highest BCUT2D eigenvalue weighted by Gasteiger charge is 2.19. The van der Waals surface area contributed by atoms with Crippen molar-refractivity contribution < 1.29 is 0 Å². The molecule has 1 aromatic carbocycles. The van der Waals surface area contributed by atoms with Gasteiger partial charge in [0.05, 0.1) is 0 Å². The summed E-state index contributed by atoms with van der Waals surface area (Å²) in [5, 5.41) is 4.22. The molecule has 0 aliphatic heterocycles. The molecule has 88 valence electrons. The van der Waals surface area contributed by atoms with Crippen molar-refractivity contribution >= 4 is 11.8 Å². The number of nitrogens with one attached hydrogen (secondary N) is 1. The summed E-state index contributed by atoms with van der Waals surface area (Å²) < 4.78 is 0. The predicted molar refractivity (Wildman–Crippen MR) is 72.2 cm³/mol. The lowest BCUT2D eigenvalue weighted by atomic mass is 10.1. The van der Waals surface area contributed by atoms with Crippen molar-refractivity contribution in [2.45, 2.75) is 49.3 Å². The number of rotatable bonds is 6. The van der Waals surface area contributed by atoms with Gasteiger partial charge in [-0.25, -0.2) is 0 Å². The van der Waals surface area contributed by atoms with E-state index in [1.807, 2.05) is 11.8 Å². The van der Waals surface area contributed by atoms with Crippen molar-refractivity contribution in [3.05, 3.63) is 29.8 Å². The molecular weight excluding hydrogens is 214 g/mol. The molecule has 16 heavy (non-hydrogen) atoms. The molecule has 1 aliphatic rings. The van der Waals surface area contributed by atoms with Gasteiger partial charge in [0.2, 0.25) is 0 Å². The molecule has 1 N–H and O–H groups in total. The van der Waals surface area contributed by atoms with E-state index in [1.54, 1.807) is 0 Å². The zero-order valence-electron chi connectivity index (χ0n) is 10.2. The molecule has 1 aromatic rings. The summed E-state index contributed by atoms with van der Waals surface area (Å²) in [6, 6.07) is 9.85. The van der Waals surface area contributed by atoms with Crippen LogP contribution in [-0.2, 0) is 6.42 Å². The first-order chi connectivity index (χ1) is 7.74. The standard InChI is InChI=1S/C14H21NS/c1-11(2)16-14-7-3-12(4-8-14)9-10-15-13-5-6-13/h3-4,7-8,11,13,15H,5-6,9-10H2,1-2H3. The Hall–Kier alpha value is -0.470. The largest absolute Gasteiger partial charge is 0.314 e. The molecule has 0 radical (unpaired) electrons. The van der Waals surface area contributed by atoms with Crippen molar-refractivity contribution in [3.63, 3.8) is 0 Å². The first-order valence-corrected chi connectivity index (χ1v) is 7.11. The van der Waals surface area contributed by atoms with E-state index >= 15 is 0 Å². The van der Waals surface area contributed by atoms with Gasteiger partial charge in [0, 0.05) is 16.2 Å². The summed E-state index contributed by atoms with van der Waals surface area (Å²) in [4.78, 5) is 1.38. The number of hydrogen-bond acceptors (Lipinski definition) is 2.